The standard InChI is InChI=1S/C12H15IN2O/c1-8-9(2)14-11-6-5-10(16-4)7-12(11)15(3)13-8/h5-7H,1-4H3. The molecule has 0 spiro atoms. The van der Waals surface area contributed by atoms with Crippen molar-refractivity contribution in [1.82, 2.24) is 0 Å². The van der Waals surface area contributed by atoms with Crippen LogP contribution in [0.2, 0.25) is 0 Å². The number of anilines is 1. The number of nitrogens with zero attached hydrogens (tertiary/aromatic N) is 2. The van der Waals surface area contributed by atoms with E-state index in [0.717, 1.165) is 17.1 Å². The molecule has 1 aromatic rings. The predicted octanol–water partition coefficient (Wildman–Crippen LogP) is 3.32. The van der Waals surface area contributed by atoms with E-state index < -0.39 is 0 Å². The third-order valence-electron chi connectivity index (χ3n) is 2.55. The van der Waals surface area contributed by atoms with Gasteiger partial charge in [-0.25, -0.2) is 0 Å². The van der Waals surface area contributed by atoms with Crippen molar-refractivity contribution in [2.45, 2.75) is 13.8 Å². The summed E-state index contributed by atoms with van der Waals surface area (Å²) < 4.78 is 8.98. The van der Waals surface area contributed by atoms with Gasteiger partial charge in [0, 0.05) is 43.3 Å². The van der Waals surface area contributed by atoms with Crippen LogP contribution in [0.4, 0.5) is 11.4 Å². The predicted molar refractivity (Wildman–Crippen MR) is 78.9 cm³/mol. The summed E-state index contributed by atoms with van der Waals surface area (Å²) in [6.45, 7) is 4.26. The smallest absolute Gasteiger partial charge is 0.121 e. The maximum Gasteiger partial charge on any atom is 0.121 e. The molecule has 86 valence electrons. The maximum absolute atomic E-state index is 5.25. The van der Waals surface area contributed by atoms with Crippen LogP contribution >= 0.6 is 21.0 Å². The number of aliphatic imine (C=N–C) groups is 1. The fraction of sp³-hybridized carbons (Fsp3) is 0.333. The molecular weight excluding hydrogens is 315 g/mol. The molecule has 3 nitrogen and oxygen atoms in total. The summed E-state index contributed by atoms with van der Waals surface area (Å²) in [5.41, 5.74) is 3.37. The number of rotatable bonds is 1. The van der Waals surface area contributed by atoms with Crippen molar-refractivity contribution in [2.75, 3.05) is 17.3 Å². The number of hydrogen-bond acceptors (Lipinski definition) is 3. The molecule has 16 heavy (non-hydrogen) atoms. The molecular formula is C12H15IN2O. The Morgan fingerprint density at radius 3 is 2.75 bits per heavy atom. The fourth-order valence-corrected chi connectivity index (χ4v) is 3.73. The number of benzene rings is 1. The highest BCUT2D eigenvalue weighted by atomic mass is 127. The molecule has 1 heterocycles. The Bertz CT molecular complexity index is 480. The van der Waals surface area contributed by atoms with Crippen molar-refractivity contribution in [3.8, 4) is 5.75 Å². The molecule has 1 aromatic carbocycles. The highest BCUT2D eigenvalue weighted by molar-refractivity contribution is 14.2. The van der Waals surface area contributed by atoms with Gasteiger partial charge in [-0.15, -0.1) is 0 Å². The van der Waals surface area contributed by atoms with Gasteiger partial charge in [0.05, 0.1) is 18.5 Å². The minimum absolute atomic E-state index is 0.122. The zero-order valence-corrected chi connectivity index (χ0v) is 12.1. The highest BCUT2D eigenvalue weighted by Gasteiger charge is 2.12. The van der Waals surface area contributed by atoms with Gasteiger partial charge >= 0.3 is 0 Å². The van der Waals surface area contributed by atoms with Crippen molar-refractivity contribution in [2.24, 2.45) is 4.99 Å². The largest absolute Gasteiger partial charge is 0.497 e. The van der Waals surface area contributed by atoms with Gasteiger partial charge in [-0.3, -0.25) is 4.99 Å². The van der Waals surface area contributed by atoms with Gasteiger partial charge in [0.2, 0.25) is 0 Å². The van der Waals surface area contributed by atoms with Gasteiger partial charge in [-0.1, -0.05) is 0 Å². The number of ether oxygens (including phenoxy) is 1. The van der Waals surface area contributed by atoms with E-state index in [1.54, 1.807) is 7.11 Å². The molecule has 0 saturated carbocycles. The first-order valence-electron chi connectivity index (χ1n) is 5.08. The first-order chi connectivity index (χ1) is 7.61. The molecule has 0 atom stereocenters. The molecule has 0 fully saturated rings. The Kier molecular flexibility index (Phi) is 3.28. The average molecular weight is 330 g/mol. The van der Waals surface area contributed by atoms with Crippen LogP contribution in [-0.4, -0.2) is 23.4 Å². The van der Waals surface area contributed by atoms with E-state index in [4.69, 9.17) is 4.74 Å². The quantitative estimate of drug-likeness (QED) is 0.583. The lowest BCUT2D eigenvalue weighted by molar-refractivity contribution is 0.415. The third kappa shape index (κ3) is 2.11. The Morgan fingerprint density at radius 1 is 1.31 bits per heavy atom. The number of hydrogen-bond donors (Lipinski definition) is 0. The van der Waals surface area contributed by atoms with Gasteiger partial charge in [-0.2, -0.15) is 0 Å². The topological polar surface area (TPSA) is 24.8 Å². The first-order valence-corrected chi connectivity index (χ1v) is 7.12. The molecule has 0 unspecified atom stereocenters. The molecule has 0 aromatic heterocycles. The molecule has 0 amide bonds. The molecule has 0 bridgehead atoms. The summed E-state index contributed by atoms with van der Waals surface area (Å²) in [7, 11) is 3.82. The summed E-state index contributed by atoms with van der Waals surface area (Å²) >= 11 is -0.122. The number of halogens is 1. The van der Waals surface area contributed by atoms with Crippen molar-refractivity contribution in [3.63, 3.8) is 0 Å². The van der Waals surface area contributed by atoms with Crippen LogP contribution in [-0.2, 0) is 0 Å². The second kappa shape index (κ2) is 4.53. The molecule has 2 rings (SSSR count). The van der Waals surface area contributed by atoms with Crippen LogP contribution in [0.1, 0.15) is 13.8 Å². The van der Waals surface area contributed by atoms with Crippen molar-refractivity contribution >= 4 is 41.6 Å². The first kappa shape index (κ1) is 11.6. The van der Waals surface area contributed by atoms with E-state index in [1.807, 2.05) is 12.1 Å². The monoisotopic (exact) mass is 330 g/mol. The Morgan fingerprint density at radius 2 is 2.06 bits per heavy atom. The second-order valence-electron chi connectivity index (χ2n) is 3.65. The SMILES string of the molecule is COc1ccc2c(c1)N(C)I=C(C)C(C)=N2. The van der Waals surface area contributed by atoms with E-state index in [0.29, 0.717) is 0 Å². The lowest BCUT2D eigenvalue weighted by atomic mass is 10.2. The molecule has 0 aliphatic carbocycles. The summed E-state index contributed by atoms with van der Waals surface area (Å²) in [6.07, 6.45) is 0. The van der Waals surface area contributed by atoms with Crippen LogP contribution in [0.3, 0.4) is 0 Å². The third-order valence-corrected chi connectivity index (χ3v) is 5.30. The van der Waals surface area contributed by atoms with Gasteiger partial charge in [0.25, 0.3) is 0 Å². The van der Waals surface area contributed by atoms with Crippen molar-refractivity contribution in [3.05, 3.63) is 18.2 Å². The van der Waals surface area contributed by atoms with Crippen LogP contribution in [0, 0.1) is 0 Å². The molecule has 0 saturated heterocycles. The van der Waals surface area contributed by atoms with Gasteiger partial charge < -0.3 is 7.85 Å². The molecule has 1 aliphatic rings. The van der Waals surface area contributed by atoms with Gasteiger partial charge in [0.15, 0.2) is 0 Å². The van der Waals surface area contributed by atoms with Crippen LogP contribution < -0.4 is 7.85 Å². The van der Waals surface area contributed by atoms with Crippen LogP contribution in [0.5, 0.6) is 5.75 Å². The van der Waals surface area contributed by atoms with Crippen molar-refractivity contribution in [1.29, 1.82) is 0 Å². The zero-order valence-electron chi connectivity index (χ0n) is 9.91. The lowest BCUT2D eigenvalue weighted by Gasteiger charge is -2.15. The van der Waals surface area contributed by atoms with Crippen molar-refractivity contribution < 1.29 is 4.74 Å². The Hall–Kier alpha value is -0.910. The number of fused-ring (bicyclic) bond motifs is 1. The van der Waals surface area contributed by atoms with Crippen LogP contribution in [0.25, 0.3) is 0 Å². The fourth-order valence-electron chi connectivity index (χ4n) is 1.53. The molecule has 0 N–H and O–H groups in total. The zero-order chi connectivity index (χ0) is 11.7. The maximum atomic E-state index is 5.25. The van der Waals surface area contributed by atoms with Crippen LogP contribution in [0.15, 0.2) is 23.2 Å². The minimum Gasteiger partial charge on any atom is -0.497 e. The van der Waals surface area contributed by atoms with Gasteiger partial charge in [0.1, 0.15) is 5.75 Å². The lowest BCUT2D eigenvalue weighted by Crippen LogP contribution is -2.05. The summed E-state index contributed by atoms with van der Waals surface area (Å²) in [4.78, 5) is 4.66. The summed E-state index contributed by atoms with van der Waals surface area (Å²) in [5.74, 6) is 0.891. The normalized spacial score (nSPS) is 15.4. The van der Waals surface area contributed by atoms with Gasteiger partial charge in [-0.05, 0) is 26.0 Å². The second-order valence-corrected chi connectivity index (χ2v) is 7.19. The minimum atomic E-state index is -0.122. The summed E-state index contributed by atoms with van der Waals surface area (Å²) in [6, 6.07) is 6.05. The Labute approximate surface area is 106 Å². The van der Waals surface area contributed by atoms with E-state index >= 15 is 0 Å². The molecule has 0 radical (unpaired) electrons. The van der Waals surface area contributed by atoms with E-state index in [-0.39, 0.29) is 21.0 Å². The average Bonchev–Trinajstić information content (AvgIpc) is 2.38. The van der Waals surface area contributed by atoms with E-state index in [9.17, 15) is 0 Å². The number of methoxy groups -OCH3 is 1. The van der Waals surface area contributed by atoms with E-state index in [2.05, 4.69) is 35.1 Å². The molecule has 4 heteroatoms. The molecule has 1 aliphatic heterocycles. The highest BCUT2D eigenvalue weighted by Crippen LogP contribution is 2.37. The van der Waals surface area contributed by atoms with E-state index in [1.165, 1.54) is 9.20 Å². The Balaban J connectivity index is 2.58. The summed E-state index contributed by atoms with van der Waals surface area (Å²) in [5, 5.41) is 0.